The standard InChI is InChI=1S/C8H17NO2/c1-3-5-9(8(2)11)6-4-7-10/h10H,3-7H2,1-2H3. The monoisotopic (exact) mass is 159 g/mol. The van der Waals surface area contributed by atoms with Crippen molar-refractivity contribution in [2.75, 3.05) is 19.7 Å². The minimum atomic E-state index is 0.0975. The van der Waals surface area contributed by atoms with Gasteiger partial charge in [-0.15, -0.1) is 0 Å². The van der Waals surface area contributed by atoms with Crippen molar-refractivity contribution in [1.82, 2.24) is 4.90 Å². The molecule has 0 rings (SSSR count). The van der Waals surface area contributed by atoms with Gasteiger partial charge >= 0.3 is 0 Å². The second-order valence-corrected chi connectivity index (χ2v) is 2.58. The molecule has 0 bridgehead atoms. The molecule has 0 atom stereocenters. The number of hydrogen-bond acceptors (Lipinski definition) is 2. The maximum Gasteiger partial charge on any atom is 0.219 e. The van der Waals surface area contributed by atoms with Crippen molar-refractivity contribution in [3.8, 4) is 0 Å². The summed E-state index contributed by atoms with van der Waals surface area (Å²) in [5, 5.41) is 8.53. The van der Waals surface area contributed by atoms with Gasteiger partial charge in [0.2, 0.25) is 5.91 Å². The average molecular weight is 159 g/mol. The predicted molar refractivity (Wildman–Crippen MR) is 44.2 cm³/mol. The lowest BCUT2D eigenvalue weighted by molar-refractivity contribution is -0.129. The van der Waals surface area contributed by atoms with Crippen LogP contribution >= 0.6 is 0 Å². The Hall–Kier alpha value is -0.570. The van der Waals surface area contributed by atoms with Gasteiger partial charge in [0.25, 0.3) is 0 Å². The van der Waals surface area contributed by atoms with Crippen molar-refractivity contribution in [3.05, 3.63) is 0 Å². The van der Waals surface area contributed by atoms with Gasteiger partial charge in [0.1, 0.15) is 0 Å². The van der Waals surface area contributed by atoms with Gasteiger partial charge in [0.05, 0.1) is 0 Å². The number of nitrogens with zero attached hydrogens (tertiary/aromatic N) is 1. The summed E-state index contributed by atoms with van der Waals surface area (Å²) in [7, 11) is 0. The molecule has 0 aromatic rings. The molecule has 0 spiro atoms. The fraction of sp³-hybridized carbons (Fsp3) is 0.875. The lowest BCUT2D eigenvalue weighted by Gasteiger charge is -2.19. The number of aliphatic hydroxyl groups excluding tert-OH is 1. The molecule has 0 heterocycles. The normalized spacial score (nSPS) is 9.73. The van der Waals surface area contributed by atoms with E-state index in [1.807, 2.05) is 6.92 Å². The molecule has 0 aliphatic carbocycles. The summed E-state index contributed by atoms with van der Waals surface area (Å²) in [5.74, 6) is 0.0975. The molecule has 0 unspecified atom stereocenters. The zero-order valence-corrected chi connectivity index (χ0v) is 7.34. The number of aliphatic hydroxyl groups is 1. The average Bonchev–Trinajstić information content (AvgIpc) is 1.97. The van der Waals surface area contributed by atoms with Crippen LogP contribution in [0.2, 0.25) is 0 Å². The van der Waals surface area contributed by atoms with Crippen LogP contribution in [0.15, 0.2) is 0 Å². The third-order valence-corrected chi connectivity index (χ3v) is 1.52. The molecule has 66 valence electrons. The van der Waals surface area contributed by atoms with Crippen LogP contribution in [-0.4, -0.2) is 35.6 Å². The summed E-state index contributed by atoms with van der Waals surface area (Å²) in [5.41, 5.74) is 0. The van der Waals surface area contributed by atoms with E-state index in [1.54, 1.807) is 11.8 Å². The number of carbonyl (C=O) groups is 1. The van der Waals surface area contributed by atoms with Crippen LogP contribution in [0.5, 0.6) is 0 Å². The second kappa shape index (κ2) is 6.16. The number of rotatable bonds is 5. The molecule has 3 heteroatoms. The summed E-state index contributed by atoms with van der Waals surface area (Å²) < 4.78 is 0. The zero-order chi connectivity index (χ0) is 8.69. The lowest BCUT2D eigenvalue weighted by Crippen LogP contribution is -2.30. The lowest BCUT2D eigenvalue weighted by atomic mass is 10.3. The highest BCUT2D eigenvalue weighted by Crippen LogP contribution is 1.93. The highest BCUT2D eigenvalue weighted by atomic mass is 16.3. The topological polar surface area (TPSA) is 40.5 Å². The van der Waals surface area contributed by atoms with E-state index in [-0.39, 0.29) is 12.5 Å². The molecule has 0 aromatic heterocycles. The second-order valence-electron chi connectivity index (χ2n) is 2.58. The third-order valence-electron chi connectivity index (χ3n) is 1.52. The Morgan fingerprint density at radius 1 is 1.45 bits per heavy atom. The SMILES string of the molecule is CCCN(CCCO)C(C)=O. The summed E-state index contributed by atoms with van der Waals surface area (Å²) in [6, 6.07) is 0. The van der Waals surface area contributed by atoms with E-state index in [1.165, 1.54) is 0 Å². The first-order valence-electron chi connectivity index (χ1n) is 4.08. The first-order chi connectivity index (χ1) is 5.22. The molecule has 3 nitrogen and oxygen atoms in total. The maximum absolute atomic E-state index is 10.9. The van der Waals surface area contributed by atoms with Crippen LogP contribution < -0.4 is 0 Å². The van der Waals surface area contributed by atoms with Crippen LogP contribution in [0.3, 0.4) is 0 Å². The van der Waals surface area contributed by atoms with Gasteiger partial charge in [-0.3, -0.25) is 4.79 Å². The minimum absolute atomic E-state index is 0.0975. The van der Waals surface area contributed by atoms with Gasteiger partial charge in [0.15, 0.2) is 0 Å². The molecule has 1 N–H and O–H groups in total. The van der Waals surface area contributed by atoms with Crippen molar-refractivity contribution >= 4 is 5.91 Å². The van der Waals surface area contributed by atoms with E-state index in [0.29, 0.717) is 13.0 Å². The van der Waals surface area contributed by atoms with E-state index >= 15 is 0 Å². The number of hydrogen-bond donors (Lipinski definition) is 1. The molecule has 0 aliphatic heterocycles. The fourth-order valence-corrected chi connectivity index (χ4v) is 0.958. The molecule has 0 aliphatic rings. The third kappa shape index (κ3) is 4.79. The van der Waals surface area contributed by atoms with E-state index in [0.717, 1.165) is 13.0 Å². The summed E-state index contributed by atoms with van der Waals surface area (Å²) in [6.07, 6.45) is 1.66. The van der Waals surface area contributed by atoms with Crippen molar-refractivity contribution in [2.45, 2.75) is 26.7 Å². The van der Waals surface area contributed by atoms with Gasteiger partial charge in [-0.05, 0) is 12.8 Å². The maximum atomic E-state index is 10.9. The van der Waals surface area contributed by atoms with E-state index in [4.69, 9.17) is 5.11 Å². The first-order valence-corrected chi connectivity index (χ1v) is 4.08. The molecule has 11 heavy (non-hydrogen) atoms. The van der Waals surface area contributed by atoms with Crippen LogP contribution in [0.25, 0.3) is 0 Å². The van der Waals surface area contributed by atoms with Crippen LogP contribution in [0.4, 0.5) is 0 Å². The molecule has 0 saturated heterocycles. The Bertz CT molecular complexity index is 115. The Balaban J connectivity index is 3.60. The fourth-order valence-electron chi connectivity index (χ4n) is 0.958. The van der Waals surface area contributed by atoms with Crippen molar-refractivity contribution < 1.29 is 9.90 Å². The highest BCUT2D eigenvalue weighted by Gasteiger charge is 2.04. The minimum Gasteiger partial charge on any atom is -0.396 e. The van der Waals surface area contributed by atoms with Crippen LogP contribution in [-0.2, 0) is 4.79 Å². The number of carbonyl (C=O) groups excluding carboxylic acids is 1. The largest absolute Gasteiger partial charge is 0.396 e. The Labute approximate surface area is 68.0 Å². The first kappa shape index (κ1) is 10.4. The van der Waals surface area contributed by atoms with E-state index in [2.05, 4.69) is 0 Å². The Morgan fingerprint density at radius 2 is 2.09 bits per heavy atom. The Morgan fingerprint density at radius 3 is 2.45 bits per heavy atom. The van der Waals surface area contributed by atoms with Gasteiger partial charge in [-0.1, -0.05) is 6.92 Å². The molecule has 0 radical (unpaired) electrons. The molecule has 0 aromatic carbocycles. The Kier molecular flexibility index (Phi) is 5.84. The van der Waals surface area contributed by atoms with Gasteiger partial charge in [0, 0.05) is 26.6 Å². The van der Waals surface area contributed by atoms with Crippen LogP contribution in [0, 0.1) is 0 Å². The van der Waals surface area contributed by atoms with Gasteiger partial charge in [-0.25, -0.2) is 0 Å². The predicted octanol–water partition coefficient (Wildman–Crippen LogP) is 0.627. The molecular weight excluding hydrogens is 142 g/mol. The molecule has 1 amide bonds. The van der Waals surface area contributed by atoms with Crippen LogP contribution in [0.1, 0.15) is 26.7 Å². The summed E-state index contributed by atoms with van der Waals surface area (Å²) in [4.78, 5) is 12.6. The zero-order valence-electron chi connectivity index (χ0n) is 7.34. The summed E-state index contributed by atoms with van der Waals surface area (Å²) in [6.45, 7) is 5.24. The molecule has 0 fully saturated rings. The van der Waals surface area contributed by atoms with Gasteiger partial charge < -0.3 is 10.0 Å². The van der Waals surface area contributed by atoms with Crippen molar-refractivity contribution in [3.63, 3.8) is 0 Å². The quantitative estimate of drug-likeness (QED) is 0.639. The van der Waals surface area contributed by atoms with Crippen molar-refractivity contribution in [1.29, 1.82) is 0 Å². The summed E-state index contributed by atoms with van der Waals surface area (Å²) >= 11 is 0. The molecule has 0 saturated carbocycles. The van der Waals surface area contributed by atoms with Gasteiger partial charge in [-0.2, -0.15) is 0 Å². The van der Waals surface area contributed by atoms with E-state index < -0.39 is 0 Å². The van der Waals surface area contributed by atoms with Crippen molar-refractivity contribution in [2.24, 2.45) is 0 Å². The molecular formula is C8H17NO2. The number of amides is 1. The highest BCUT2D eigenvalue weighted by molar-refractivity contribution is 5.73. The smallest absolute Gasteiger partial charge is 0.219 e. The van der Waals surface area contributed by atoms with E-state index in [9.17, 15) is 4.79 Å².